The zero-order chi connectivity index (χ0) is 16.8. The summed E-state index contributed by atoms with van der Waals surface area (Å²) in [6, 6.07) is 7.76. The van der Waals surface area contributed by atoms with Gasteiger partial charge in [-0.15, -0.1) is 0 Å². The number of halogens is 1. The van der Waals surface area contributed by atoms with Crippen LogP contribution in [0.25, 0.3) is 0 Å². The van der Waals surface area contributed by atoms with Crippen LogP contribution in [0.1, 0.15) is 16.1 Å². The molecule has 1 aliphatic heterocycles. The van der Waals surface area contributed by atoms with Gasteiger partial charge in [-0.3, -0.25) is 4.79 Å². The Kier molecular flexibility index (Phi) is 5.61. The van der Waals surface area contributed by atoms with E-state index in [1.165, 1.54) is 11.8 Å². The molecule has 2 aromatic rings. The van der Waals surface area contributed by atoms with Gasteiger partial charge in [0.1, 0.15) is 11.5 Å². The third kappa shape index (κ3) is 4.43. The minimum absolute atomic E-state index is 0.0986. The fourth-order valence-electron chi connectivity index (χ4n) is 2.44. The van der Waals surface area contributed by atoms with Crippen LogP contribution in [0, 0.1) is 0 Å². The van der Waals surface area contributed by atoms with Gasteiger partial charge in [-0.1, -0.05) is 23.7 Å². The van der Waals surface area contributed by atoms with Crippen LogP contribution in [0.3, 0.4) is 0 Å². The number of hydrogen-bond acceptors (Lipinski definition) is 5. The van der Waals surface area contributed by atoms with Gasteiger partial charge in [0.15, 0.2) is 0 Å². The van der Waals surface area contributed by atoms with Crippen molar-refractivity contribution in [1.29, 1.82) is 0 Å². The molecular weight excluding hydrogens is 328 g/mol. The molecule has 1 fully saturated rings. The highest BCUT2D eigenvalue weighted by molar-refractivity contribution is 6.30. The monoisotopic (exact) mass is 346 g/mol. The summed E-state index contributed by atoms with van der Waals surface area (Å²) < 4.78 is 5.24. The summed E-state index contributed by atoms with van der Waals surface area (Å²) in [4.78, 5) is 22.5. The molecule has 1 aromatic heterocycles. The number of hydrogen-bond donors (Lipinski definition) is 1. The van der Waals surface area contributed by atoms with Crippen LogP contribution in [0.2, 0.25) is 5.02 Å². The van der Waals surface area contributed by atoms with Gasteiger partial charge < -0.3 is 15.0 Å². The van der Waals surface area contributed by atoms with Crippen LogP contribution < -0.4 is 5.32 Å². The van der Waals surface area contributed by atoms with E-state index in [1.54, 1.807) is 11.1 Å². The summed E-state index contributed by atoms with van der Waals surface area (Å²) in [5, 5.41) is 3.94. The molecule has 24 heavy (non-hydrogen) atoms. The summed E-state index contributed by atoms with van der Waals surface area (Å²) in [6.45, 7) is 3.07. The fraction of sp³-hybridized carbons (Fsp3) is 0.353. The number of rotatable bonds is 5. The molecule has 7 heteroatoms. The van der Waals surface area contributed by atoms with Crippen molar-refractivity contribution in [3.63, 3.8) is 0 Å². The van der Waals surface area contributed by atoms with Gasteiger partial charge in [-0.25, -0.2) is 9.97 Å². The maximum atomic E-state index is 12.3. The number of carbonyl (C=O) groups excluding carboxylic acids is 1. The molecule has 1 saturated heterocycles. The van der Waals surface area contributed by atoms with E-state index >= 15 is 0 Å². The number of morpholine rings is 1. The third-order valence-electron chi connectivity index (χ3n) is 3.80. The molecule has 0 unspecified atom stereocenters. The lowest BCUT2D eigenvalue weighted by molar-refractivity contribution is 0.0298. The summed E-state index contributed by atoms with van der Waals surface area (Å²) in [6.07, 6.45) is 3.96. The lowest BCUT2D eigenvalue weighted by Gasteiger charge is -2.26. The number of aromatic nitrogens is 2. The number of anilines is 1. The van der Waals surface area contributed by atoms with Crippen molar-refractivity contribution in [2.45, 2.75) is 6.42 Å². The highest BCUT2D eigenvalue weighted by Gasteiger charge is 2.19. The quantitative estimate of drug-likeness (QED) is 0.899. The zero-order valence-corrected chi connectivity index (χ0v) is 14.0. The summed E-state index contributed by atoms with van der Waals surface area (Å²) >= 11 is 5.87. The summed E-state index contributed by atoms with van der Waals surface area (Å²) in [5.74, 6) is 0.556. The SMILES string of the molecule is O=C(c1cnc(NCCc2ccc(Cl)cc2)cn1)N1CCOCC1. The normalized spacial score (nSPS) is 14.5. The maximum Gasteiger partial charge on any atom is 0.274 e. The molecule has 0 aliphatic carbocycles. The number of carbonyl (C=O) groups is 1. The minimum Gasteiger partial charge on any atom is -0.378 e. The van der Waals surface area contributed by atoms with Gasteiger partial charge in [-0.05, 0) is 24.1 Å². The first kappa shape index (κ1) is 16.7. The van der Waals surface area contributed by atoms with E-state index in [2.05, 4.69) is 15.3 Å². The van der Waals surface area contributed by atoms with Crippen LogP contribution >= 0.6 is 11.6 Å². The van der Waals surface area contributed by atoms with E-state index in [9.17, 15) is 4.79 Å². The van der Waals surface area contributed by atoms with Crippen molar-refractivity contribution >= 4 is 23.3 Å². The topological polar surface area (TPSA) is 67.4 Å². The maximum absolute atomic E-state index is 12.3. The Balaban J connectivity index is 1.50. The number of ether oxygens (including phenoxy) is 1. The Morgan fingerprint density at radius 3 is 2.58 bits per heavy atom. The second-order valence-electron chi connectivity index (χ2n) is 5.49. The summed E-state index contributed by atoms with van der Waals surface area (Å²) in [7, 11) is 0. The third-order valence-corrected chi connectivity index (χ3v) is 4.05. The van der Waals surface area contributed by atoms with Gasteiger partial charge in [-0.2, -0.15) is 0 Å². The Hall–Kier alpha value is -2.18. The van der Waals surface area contributed by atoms with E-state index in [1.807, 2.05) is 24.3 Å². The van der Waals surface area contributed by atoms with Crippen molar-refractivity contribution in [3.05, 3.63) is 52.9 Å². The number of benzene rings is 1. The first-order chi connectivity index (χ1) is 11.7. The predicted octanol–water partition coefficient (Wildman–Crippen LogP) is 2.26. The van der Waals surface area contributed by atoms with E-state index in [4.69, 9.17) is 16.3 Å². The molecule has 6 nitrogen and oxygen atoms in total. The van der Waals surface area contributed by atoms with Crippen LogP contribution in [0.4, 0.5) is 5.82 Å². The largest absolute Gasteiger partial charge is 0.378 e. The highest BCUT2D eigenvalue weighted by atomic mass is 35.5. The average Bonchev–Trinajstić information content (AvgIpc) is 2.64. The Morgan fingerprint density at radius 1 is 1.17 bits per heavy atom. The molecule has 1 N–H and O–H groups in total. The zero-order valence-electron chi connectivity index (χ0n) is 13.2. The molecule has 3 rings (SSSR count). The van der Waals surface area contributed by atoms with Crippen molar-refractivity contribution in [2.24, 2.45) is 0 Å². The van der Waals surface area contributed by atoms with Gasteiger partial charge >= 0.3 is 0 Å². The number of nitrogens with zero attached hydrogens (tertiary/aromatic N) is 3. The van der Waals surface area contributed by atoms with Crippen LogP contribution in [0.5, 0.6) is 0 Å². The smallest absolute Gasteiger partial charge is 0.274 e. The molecule has 0 saturated carbocycles. The lowest BCUT2D eigenvalue weighted by Crippen LogP contribution is -2.41. The van der Waals surface area contributed by atoms with Crippen molar-refractivity contribution < 1.29 is 9.53 Å². The predicted molar refractivity (Wildman–Crippen MR) is 92.4 cm³/mol. The highest BCUT2D eigenvalue weighted by Crippen LogP contribution is 2.10. The van der Waals surface area contributed by atoms with Crippen LogP contribution in [-0.2, 0) is 11.2 Å². The Morgan fingerprint density at radius 2 is 1.92 bits per heavy atom. The number of amides is 1. The molecular formula is C17H19ClN4O2. The number of nitrogens with one attached hydrogen (secondary N) is 1. The standard InChI is InChI=1S/C17H19ClN4O2/c18-14-3-1-13(2-4-14)5-6-19-16-12-20-15(11-21-16)17(23)22-7-9-24-10-8-22/h1-4,11-12H,5-10H2,(H,19,21). The van der Waals surface area contributed by atoms with Gasteiger partial charge in [0, 0.05) is 24.7 Å². The molecule has 0 atom stereocenters. The van der Waals surface area contributed by atoms with Crippen molar-refractivity contribution in [3.8, 4) is 0 Å². The van der Waals surface area contributed by atoms with Gasteiger partial charge in [0.2, 0.25) is 0 Å². The van der Waals surface area contributed by atoms with E-state index in [0.717, 1.165) is 18.0 Å². The van der Waals surface area contributed by atoms with Crippen LogP contribution in [0.15, 0.2) is 36.7 Å². The average molecular weight is 347 g/mol. The van der Waals surface area contributed by atoms with E-state index in [-0.39, 0.29) is 5.91 Å². The fourth-order valence-corrected chi connectivity index (χ4v) is 2.57. The van der Waals surface area contributed by atoms with E-state index in [0.29, 0.717) is 37.8 Å². The molecule has 126 valence electrons. The van der Waals surface area contributed by atoms with Gasteiger partial charge in [0.25, 0.3) is 5.91 Å². The van der Waals surface area contributed by atoms with Crippen LogP contribution in [-0.4, -0.2) is 53.6 Å². The van der Waals surface area contributed by atoms with Crippen molar-refractivity contribution in [2.75, 3.05) is 38.2 Å². The van der Waals surface area contributed by atoms with Crippen molar-refractivity contribution in [1.82, 2.24) is 14.9 Å². The first-order valence-corrected chi connectivity index (χ1v) is 8.27. The summed E-state index contributed by atoms with van der Waals surface area (Å²) in [5.41, 5.74) is 1.55. The molecule has 1 amide bonds. The molecule has 1 aromatic carbocycles. The first-order valence-electron chi connectivity index (χ1n) is 7.90. The van der Waals surface area contributed by atoms with E-state index < -0.39 is 0 Å². The molecule has 0 spiro atoms. The molecule has 2 heterocycles. The second-order valence-corrected chi connectivity index (χ2v) is 5.93. The molecule has 1 aliphatic rings. The second kappa shape index (κ2) is 8.08. The Labute approximate surface area is 145 Å². The Bertz CT molecular complexity index is 670. The van der Waals surface area contributed by atoms with Gasteiger partial charge in [0.05, 0.1) is 25.6 Å². The lowest BCUT2D eigenvalue weighted by atomic mass is 10.1. The molecule has 0 radical (unpaired) electrons. The minimum atomic E-state index is -0.0986. The molecule has 0 bridgehead atoms.